The van der Waals surface area contributed by atoms with E-state index in [9.17, 15) is 26.4 Å². The van der Waals surface area contributed by atoms with Crippen LogP contribution in [-0.4, -0.2) is 74.2 Å². The van der Waals surface area contributed by atoms with Crippen molar-refractivity contribution >= 4 is 15.9 Å². The van der Waals surface area contributed by atoms with Crippen LogP contribution in [0.4, 0.5) is 13.2 Å². The first-order valence-electron chi connectivity index (χ1n) is 9.02. The number of hydrogen-bond donors (Lipinski definition) is 0. The Balaban J connectivity index is 2.05. The summed E-state index contributed by atoms with van der Waals surface area (Å²) in [4.78, 5) is 15.3. The Morgan fingerprint density at radius 3 is 2.45 bits per heavy atom. The van der Waals surface area contributed by atoms with Gasteiger partial charge in [0.05, 0.1) is 29.0 Å². The molecule has 0 N–H and O–H groups in total. The molecule has 0 bridgehead atoms. The van der Waals surface area contributed by atoms with E-state index in [1.54, 1.807) is 14.0 Å². The highest BCUT2D eigenvalue weighted by Crippen LogP contribution is 2.31. The van der Waals surface area contributed by atoms with Gasteiger partial charge in [-0.1, -0.05) is 6.07 Å². The molecule has 1 unspecified atom stereocenters. The van der Waals surface area contributed by atoms with E-state index in [1.165, 1.54) is 4.90 Å². The number of nitriles is 1. The van der Waals surface area contributed by atoms with Gasteiger partial charge in [0.2, 0.25) is 15.9 Å². The smallest absolute Gasteiger partial charge is 0.343 e. The predicted octanol–water partition coefficient (Wildman–Crippen LogP) is 1.77. The number of sulfonamides is 1. The van der Waals surface area contributed by atoms with Crippen LogP contribution >= 0.6 is 0 Å². The first kappa shape index (κ1) is 23.1. The molecule has 1 saturated heterocycles. The van der Waals surface area contributed by atoms with Crippen molar-refractivity contribution in [2.75, 3.05) is 39.8 Å². The molecule has 1 atom stereocenters. The van der Waals surface area contributed by atoms with E-state index in [1.807, 2.05) is 11.0 Å². The van der Waals surface area contributed by atoms with Gasteiger partial charge in [0.15, 0.2) is 0 Å². The molecule has 0 spiro atoms. The van der Waals surface area contributed by atoms with Crippen molar-refractivity contribution in [1.82, 2.24) is 14.1 Å². The number of likely N-dealkylation sites (N-methyl/N-ethyl adjacent to an activating group) is 1. The summed E-state index contributed by atoms with van der Waals surface area (Å²) in [6, 6.07) is 5.17. The van der Waals surface area contributed by atoms with Gasteiger partial charge in [-0.05, 0) is 25.1 Å². The second-order valence-electron chi connectivity index (χ2n) is 6.81. The highest BCUT2D eigenvalue weighted by atomic mass is 32.2. The molecule has 0 saturated carbocycles. The SMILES string of the molecule is CC(C(=O)N(C)CCC#N)N1CCN(S(=O)(=O)c2cccc(C(F)(F)F)c2)CC1. The van der Waals surface area contributed by atoms with Gasteiger partial charge >= 0.3 is 6.18 Å². The molecule has 0 radical (unpaired) electrons. The molecule has 1 amide bonds. The van der Waals surface area contributed by atoms with Crippen LogP contribution < -0.4 is 0 Å². The van der Waals surface area contributed by atoms with Crippen LogP contribution in [0.3, 0.4) is 0 Å². The third kappa shape index (κ3) is 5.46. The van der Waals surface area contributed by atoms with Crippen LogP contribution in [0.2, 0.25) is 0 Å². The second kappa shape index (κ2) is 9.11. The van der Waals surface area contributed by atoms with Crippen LogP contribution in [0.15, 0.2) is 29.2 Å². The van der Waals surface area contributed by atoms with Crippen molar-refractivity contribution in [2.24, 2.45) is 0 Å². The average molecular weight is 432 g/mol. The Bertz CT molecular complexity index is 875. The summed E-state index contributed by atoms with van der Waals surface area (Å²) in [5.41, 5.74) is -1.02. The minimum Gasteiger partial charge on any atom is -0.343 e. The van der Waals surface area contributed by atoms with Gasteiger partial charge in [-0.15, -0.1) is 0 Å². The Morgan fingerprint density at radius 1 is 1.28 bits per heavy atom. The molecule has 1 aliphatic heterocycles. The largest absolute Gasteiger partial charge is 0.416 e. The van der Waals surface area contributed by atoms with Gasteiger partial charge in [0.1, 0.15) is 0 Å². The summed E-state index contributed by atoms with van der Waals surface area (Å²) in [5.74, 6) is -0.172. The minimum atomic E-state index is -4.63. The van der Waals surface area contributed by atoms with Gasteiger partial charge in [-0.3, -0.25) is 9.69 Å². The fourth-order valence-corrected chi connectivity index (χ4v) is 4.58. The van der Waals surface area contributed by atoms with Crippen molar-refractivity contribution in [3.8, 4) is 6.07 Å². The molecule has 2 rings (SSSR count). The van der Waals surface area contributed by atoms with Crippen molar-refractivity contribution in [3.05, 3.63) is 29.8 Å². The maximum atomic E-state index is 12.9. The number of halogens is 3. The van der Waals surface area contributed by atoms with Crippen LogP contribution in [0.1, 0.15) is 18.9 Å². The number of alkyl halides is 3. The van der Waals surface area contributed by atoms with Crippen LogP contribution in [0, 0.1) is 11.3 Å². The molecule has 1 aliphatic rings. The second-order valence-corrected chi connectivity index (χ2v) is 8.75. The molecular weight excluding hydrogens is 409 g/mol. The molecule has 0 aliphatic carbocycles. The van der Waals surface area contributed by atoms with Gasteiger partial charge in [-0.2, -0.15) is 22.7 Å². The lowest BCUT2D eigenvalue weighted by atomic mass is 10.2. The first-order valence-corrected chi connectivity index (χ1v) is 10.5. The molecular formula is C18H23F3N4O3S. The highest BCUT2D eigenvalue weighted by molar-refractivity contribution is 7.89. The number of hydrogen-bond acceptors (Lipinski definition) is 5. The number of nitrogens with zero attached hydrogens (tertiary/aromatic N) is 4. The van der Waals surface area contributed by atoms with Crippen molar-refractivity contribution in [2.45, 2.75) is 30.5 Å². The summed E-state index contributed by atoms with van der Waals surface area (Å²) < 4.78 is 65.3. The van der Waals surface area contributed by atoms with E-state index in [2.05, 4.69) is 0 Å². The van der Waals surface area contributed by atoms with Crippen LogP contribution in [0.5, 0.6) is 0 Å². The monoisotopic (exact) mass is 432 g/mol. The number of rotatable bonds is 6. The Labute approximate surface area is 168 Å². The maximum Gasteiger partial charge on any atom is 0.416 e. The summed E-state index contributed by atoms with van der Waals surface area (Å²) in [7, 11) is -2.47. The summed E-state index contributed by atoms with van der Waals surface area (Å²) in [5, 5.41) is 8.62. The summed E-state index contributed by atoms with van der Waals surface area (Å²) in [6.07, 6.45) is -4.41. The normalized spacial score (nSPS) is 17.5. The van der Waals surface area contributed by atoms with Crippen LogP contribution in [-0.2, 0) is 21.0 Å². The van der Waals surface area contributed by atoms with Crippen LogP contribution in [0.25, 0.3) is 0 Å². The third-order valence-corrected chi connectivity index (χ3v) is 6.81. The lowest BCUT2D eigenvalue weighted by Crippen LogP contribution is -2.55. The van der Waals surface area contributed by atoms with Crippen molar-refractivity contribution in [3.63, 3.8) is 0 Å². The van der Waals surface area contributed by atoms with E-state index in [0.717, 1.165) is 22.5 Å². The average Bonchev–Trinajstić information content (AvgIpc) is 2.70. The Morgan fingerprint density at radius 2 is 1.90 bits per heavy atom. The first-order chi connectivity index (χ1) is 13.5. The van der Waals surface area contributed by atoms with E-state index in [4.69, 9.17) is 5.26 Å². The molecule has 7 nitrogen and oxygen atoms in total. The summed E-state index contributed by atoms with van der Waals surface area (Å²) in [6.45, 7) is 2.70. The fourth-order valence-electron chi connectivity index (χ4n) is 3.12. The lowest BCUT2D eigenvalue weighted by molar-refractivity contribution is -0.137. The van der Waals surface area contributed by atoms with Gasteiger partial charge < -0.3 is 4.90 Å². The maximum absolute atomic E-state index is 12.9. The zero-order valence-corrected chi connectivity index (χ0v) is 17.0. The number of benzene rings is 1. The number of carbonyl (C=O) groups excluding carboxylic acids is 1. The van der Waals surface area contributed by atoms with Crippen molar-refractivity contribution in [1.29, 1.82) is 5.26 Å². The van der Waals surface area contributed by atoms with Gasteiger partial charge in [0.25, 0.3) is 0 Å². The topological polar surface area (TPSA) is 84.7 Å². The fraction of sp³-hybridized carbons (Fsp3) is 0.556. The van der Waals surface area contributed by atoms with Gasteiger partial charge in [0, 0.05) is 39.8 Å². The van der Waals surface area contributed by atoms with Gasteiger partial charge in [-0.25, -0.2) is 8.42 Å². The molecule has 0 aromatic heterocycles. The molecule has 1 fully saturated rings. The zero-order chi connectivity index (χ0) is 21.8. The standard InChI is InChI=1S/C18H23F3N4O3S/c1-14(17(26)23(2)8-4-7-22)24-9-11-25(12-10-24)29(27,28)16-6-3-5-15(13-16)18(19,20)21/h3,5-6,13-14H,4,8-12H2,1-2H3. The summed E-state index contributed by atoms with van der Waals surface area (Å²) >= 11 is 0. The van der Waals surface area contributed by atoms with E-state index >= 15 is 0 Å². The Kier molecular flexibility index (Phi) is 7.26. The lowest BCUT2D eigenvalue weighted by Gasteiger charge is -2.37. The van der Waals surface area contributed by atoms with E-state index in [0.29, 0.717) is 12.6 Å². The molecule has 160 valence electrons. The highest BCUT2D eigenvalue weighted by Gasteiger charge is 2.35. The number of carbonyl (C=O) groups is 1. The van der Waals surface area contributed by atoms with E-state index < -0.39 is 32.7 Å². The number of piperazine rings is 1. The minimum absolute atomic E-state index is 0.0676. The molecule has 29 heavy (non-hydrogen) atoms. The zero-order valence-electron chi connectivity index (χ0n) is 16.2. The molecule has 11 heteroatoms. The Hall–Kier alpha value is -2.16. The third-order valence-electron chi connectivity index (χ3n) is 4.91. The number of amides is 1. The molecule has 1 aromatic rings. The quantitative estimate of drug-likeness (QED) is 0.684. The molecule has 1 heterocycles. The molecule has 1 aromatic carbocycles. The van der Waals surface area contributed by atoms with E-state index in [-0.39, 0.29) is 38.5 Å². The van der Waals surface area contributed by atoms with Crippen molar-refractivity contribution < 1.29 is 26.4 Å². The predicted molar refractivity (Wildman–Crippen MR) is 99.1 cm³/mol.